The lowest BCUT2D eigenvalue weighted by Gasteiger charge is -2.08. The van der Waals surface area contributed by atoms with E-state index in [9.17, 15) is 14.4 Å². The van der Waals surface area contributed by atoms with E-state index in [1.54, 1.807) is 0 Å². The quantitative estimate of drug-likeness (QED) is 0.0356. The van der Waals surface area contributed by atoms with Gasteiger partial charge in [-0.2, -0.15) is 0 Å². The first kappa shape index (κ1) is 67.4. The SMILES string of the molecule is CCCCCCCCCCCCCCCCCC(=O)NCCNC(=O)CCCCCCCCCCCCCCCCC.CCCCCCCCCCCCCCCCCC(=O)OCC(O)CO. The standard InChI is InChI=1S/C38H76N2O2.C21H42O4/c1-3-5-7-9-11-13-15-17-19-21-23-25-27-29-31-33-37(41)39-35-36-40-38(42)34-32-30-28-26-24-22-20-18-16-14-12-10-8-6-4-2;1-2-3-4-5-6-7-8-9-10-11-12-13-14-15-16-17-21(24)25-19-20(23)18-22/h3-36H2,1-2H3,(H,39,41)(H,40,42);20,22-23H,2-19H2,1H3. The van der Waals surface area contributed by atoms with Crippen molar-refractivity contribution in [3.05, 3.63) is 0 Å². The molecule has 2 amide bonds. The van der Waals surface area contributed by atoms with Crippen LogP contribution < -0.4 is 10.6 Å². The Labute approximate surface area is 417 Å². The Morgan fingerprint density at radius 3 is 0.776 bits per heavy atom. The number of unbranched alkanes of at least 4 members (excludes halogenated alkanes) is 42. The molecule has 0 heterocycles. The topological polar surface area (TPSA) is 125 Å². The molecule has 8 nitrogen and oxygen atoms in total. The van der Waals surface area contributed by atoms with Gasteiger partial charge in [-0.25, -0.2) is 0 Å². The number of carbonyl (C=O) groups is 3. The van der Waals surface area contributed by atoms with Crippen molar-refractivity contribution in [2.75, 3.05) is 26.3 Å². The molecule has 0 rings (SSSR count). The van der Waals surface area contributed by atoms with E-state index in [1.807, 2.05) is 0 Å². The van der Waals surface area contributed by atoms with E-state index >= 15 is 0 Å². The van der Waals surface area contributed by atoms with Crippen LogP contribution in [0.1, 0.15) is 329 Å². The summed E-state index contributed by atoms with van der Waals surface area (Å²) < 4.78 is 4.86. The molecule has 0 saturated carbocycles. The van der Waals surface area contributed by atoms with Gasteiger partial charge in [-0.3, -0.25) is 14.4 Å². The second-order valence-corrected chi connectivity index (χ2v) is 20.3. The Morgan fingerprint density at radius 2 is 0.552 bits per heavy atom. The summed E-state index contributed by atoms with van der Waals surface area (Å²) in [7, 11) is 0. The number of ether oxygens (including phenoxy) is 1. The van der Waals surface area contributed by atoms with Crippen molar-refractivity contribution < 1.29 is 29.3 Å². The average Bonchev–Trinajstić information content (AvgIpc) is 3.33. The van der Waals surface area contributed by atoms with Crippen molar-refractivity contribution in [2.24, 2.45) is 0 Å². The van der Waals surface area contributed by atoms with Gasteiger partial charge in [-0.15, -0.1) is 0 Å². The van der Waals surface area contributed by atoms with Gasteiger partial charge in [0.1, 0.15) is 12.7 Å². The first-order chi connectivity index (χ1) is 32.9. The Balaban J connectivity index is 0. The van der Waals surface area contributed by atoms with Gasteiger partial charge in [0, 0.05) is 32.4 Å². The third kappa shape index (κ3) is 62.3. The van der Waals surface area contributed by atoms with Crippen LogP contribution in [0.4, 0.5) is 0 Å². The van der Waals surface area contributed by atoms with Gasteiger partial charge < -0.3 is 25.6 Å². The molecule has 1 unspecified atom stereocenters. The highest BCUT2D eigenvalue weighted by Gasteiger charge is 2.08. The molecule has 0 saturated heterocycles. The number of esters is 1. The molecule has 400 valence electrons. The molecule has 67 heavy (non-hydrogen) atoms. The van der Waals surface area contributed by atoms with Gasteiger partial charge in [0.2, 0.25) is 11.8 Å². The van der Waals surface area contributed by atoms with Crippen LogP contribution in [-0.4, -0.2) is 60.4 Å². The normalized spacial score (nSPS) is 11.6. The first-order valence-electron chi connectivity index (χ1n) is 29.9. The number of nitrogens with one attached hydrogen (secondary N) is 2. The third-order valence-electron chi connectivity index (χ3n) is 13.4. The number of aliphatic hydroxyl groups is 2. The van der Waals surface area contributed by atoms with Crippen molar-refractivity contribution >= 4 is 17.8 Å². The van der Waals surface area contributed by atoms with Gasteiger partial charge in [-0.05, 0) is 19.3 Å². The van der Waals surface area contributed by atoms with Crippen LogP contribution in [0, 0.1) is 0 Å². The van der Waals surface area contributed by atoms with Gasteiger partial charge in [0.15, 0.2) is 0 Å². The molecule has 0 aromatic carbocycles. The molecule has 0 aliphatic carbocycles. The fraction of sp³-hybridized carbons (Fsp3) is 0.949. The number of carbonyl (C=O) groups excluding carboxylic acids is 3. The van der Waals surface area contributed by atoms with Crippen LogP contribution in [0.3, 0.4) is 0 Å². The van der Waals surface area contributed by atoms with E-state index in [2.05, 4.69) is 31.4 Å². The molecule has 0 aliphatic heterocycles. The number of rotatable bonds is 54. The fourth-order valence-corrected chi connectivity index (χ4v) is 8.85. The zero-order valence-corrected chi connectivity index (χ0v) is 45.4. The van der Waals surface area contributed by atoms with Crippen LogP contribution in [0.2, 0.25) is 0 Å². The summed E-state index contributed by atoms with van der Waals surface area (Å²) in [6.45, 7) is 7.44. The molecule has 8 heteroatoms. The van der Waals surface area contributed by atoms with Crippen LogP contribution in [0.15, 0.2) is 0 Å². The molecule has 0 bridgehead atoms. The minimum Gasteiger partial charge on any atom is -0.463 e. The number of hydrogen-bond acceptors (Lipinski definition) is 6. The zero-order chi connectivity index (χ0) is 49.2. The lowest BCUT2D eigenvalue weighted by atomic mass is 10.0. The van der Waals surface area contributed by atoms with Crippen LogP contribution in [0.25, 0.3) is 0 Å². The molecule has 0 aromatic heterocycles. The molecule has 0 radical (unpaired) electrons. The molecule has 0 fully saturated rings. The van der Waals surface area contributed by atoms with Gasteiger partial charge in [-0.1, -0.05) is 290 Å². The summed E-state index contributed by atoms with van der Waals surface area (Å²) in [6, 6.07) is 0. The lowest BCUT2D eigenvalue weighted by molar-refractivity contribution is -0.147. The predicted octanol–water partition coefficient (Wildman–Crippen LogP) is 16.9. The van der Waals surface area contributed by atoms with E-state index in [4.69, 9.17) is 14.9 Å². The van der Waals surface area contributed by atoms with E-state index in [0.29, 0.717) is 32.4 Å². The van der Waals surface area contributed by atoms with Gasteiger partial charge >= 0.3 is 5.97 Å². The highest BCUT2D eigenvalue weighted by Crippen LogP contribution is 2.17. The highest BCUT2D eigenvalue weighted by molar-refractivity contribution is 5.77. The maximum atomic E-state index is 12.0. The largest absolute Gasteiger partial charge is 0.463 e. The Hall–Kier alpha value is -1.67. The van der Waals surface area contributed by atoms with Crippen LogP contribution >= 0.6 is 0 Å². The molecule has 4 N–H and O–H groups in total. The maximum absolute atomic E-state index is 12.0. The Morgan fingerprint density at radius 1 is 0.343 bits per heavy atom. The summed E-state index contributed by atoms with van der Waals surface area (Å²) in [5.41, 5.74) is 0. The monoisotopic (exact) mass is 951 g/mol. The average molecular weight is 952 g/mol. The predicted molar refractivity (Wildman–Crippen MR) is 289 cm³/mol. The first-order valence-corrected chi connectivity index (χ1v) is 29.9. The van der Waals surface area contributed by atoms with Crippen LogP contribution in [0.5, 0.6) is 0 Å². The van der Waals surface area contributed by atoms with Crippen LogP contribution in [-0.2, 0) is 19.1 Å². The second kappa shape index (κ2) is 60.5. The van der Waals surface area contributed by atoms with Crippen molar-refractivity contribution in [3.63, 3.8) is 0 Å². The third-order valence-corrected chi connectivity index (χ3v) is 13.4. The number of aliphatic hydroxyl groups excluding tert-OH is 2. The minimum absolute atomic E-state index is 0.103. The molecule has 0 aromatic rings. The van der Waals surface area contributed by atoms with Crippen molar-refractivity contribution in [3.8, 4) is 0 Å². The smallest absolute Gasteiger partial charge is 0.305 e. The summed E-state index contributed by atoms with van der Waals surface area (Å²) >= 11 is 0. The molecule has 0 aliphatic rings. The van der Waals surface area contributed by atoms with E-state index in [0.717, 1.165) is 38.5 Å². The molecular formula is C59H118N2O6. The molecule has 1 atom stereocenters. The summed E-state index contributed by atoms with van der Waals surface area (Å²) in [5, 5.41) is 23.6. The van der Waals surface area contributed by atoms with Gasteiger partial charge in [0.25, 0.3) is 0 Å². The van der Waals surface area contributed by atoms with E-state index < -0.39 is 6.10 Å². The lowest BCUT2D eigenvalue weighted by Crippen LogP contribution is -2.34. The molecule has 0 spiro atoms. The zero-order valence-electron chi connectivity index (χ0n) is 45.4. The Bertz CT molecular complexity index is 932. The van der Waals surface area contributed by atoms with E-state index in [1.165, 1.54) is 250 Å². The van der Waals surface area contributed by atoms with Crippen molar-refractivity contribution in [1.29, 1.82) is 0 Å². The van der Waals surface area contributed by atoms with Crippen molar-refractivity contribution in [1.82, 2.24) is 10.6 Å². The van der Waals surface area contributed by atoms with Crippen molar-refractivity contribution in [2.45, 2.75) is 335 Å². The van der Waals surface area contributed by atoms with Gasteiger partial charge in [0.05, 0.1) is 6.61 Å². The number of amides is 2. The highest BCUT2D eigenvalue weighted by atomic mass is 16.5. The van der Waals surface area contributed by atoms with E-state index in [-0.39, 0.29) is 31.0 Å². The fourth-order valence-electron chi connectivity index (χ4n) is 8.85. The summed E-state index contributed by atoms with van der Waals surface area (Å²) in [5.74, 6) is -0.0232. The summed E-state index contributed by atoms with van der Waals surface area (Å²) in [6.07, 6.45) is 60.5. The maximum Gasteiger partial charge on any atom is 0.305 e. The summed E-state index contributed by atoms with van der Waals surface area (Å²) in [4.78, 5) is 35.4. The number of hydrogen-bond donors (Lipinski definition) is 4. The second-order valence-electron chi connectivity index (χ2n) is 20.3. The molecular weight excluding hydrogens is 833 g/mol. The minimum atomic E-state index is -0.954. The Kier molecular flexibility index (Phi) is 60.8.